The van der Waals surface area contributed by atoms with Crippen molar-refractivity contribution in [2.45, 2.75) is 52.0 Å². The molecule has 0 fully saturated rings. The van der Waals surface area contributed by atoms with Crippen LogP contribution in [0.4, 0.5) is 0 Å². The van der Waals surface area contributed by atoms with Crippen LogP contribution >= 0.6 is 0 Å². The molecular weight excluding hydrogens is 418 g/mol. The Morgan fingerprint density at radius 2 is 1.47 bits per heavy atom. The minimum Gasteiger partial charge on any atom is -0.370 e. The minimum absolute atomic E-state index is 0.229. The van der Waals surface area contributed by atoms with E-state index in [1.165, 1.54) is 16.8 Å². The third-order valence-corrected chi connectivity index (χ3v) is 6.37. The highest BCUT2D eigenvalue weighted by atomic mass is 16.5. The molecule has 1 aliphatic heterocycles. The van der Waals surface area contributed by atoms with Gasteiger partial charge in [-0.1, -0.05) is 91.0 Å². The van der Waals surface area contributed by atoms with E-state index < -0.39 is 0 Å². The van der Waals surface area contributed by atoms with Crippen molar-refractivity contribution in [3.8, 4) is 11.4 Å². The predicted molar refractivity (Wildman–Crippen MR) is 136 cm³/mol. The van der Waals surface area contributed by atoms with Gasteiger partial charge in [0.1, 0.15) is 5.82 Å². The van der Waals surface area contributed by atoms with Gasteiger partial charge in [-0.05, 0) is 31.4 Å². The van der Waals surface area contributed by atoms with Crippen molar-refractivity contribution >= 4 is 0 Å². The first-order valence-corrected chi connectivity index (χ1v) is 12.0. The zero-order valence-electron chi connectivity index (χ0n) is 19.9. The fourth-order valence-electron chi connectivity index (χ4n) is 4.53. The first kappa shape index (κ1) is 22.3. The molecule has 3 aromatic carbocycles. The number of fused-ring (bicyclic) bond motifs is 1. The average molecular weight is 450 g/mol. The summed E-state index contributed by atoms with van der Waals surface area (Å²) in [4.78, 5) is 10.1. The van der Waals surface area contributed by atoms with Crippen molar-refractivity contribution in [3.63, 3.8) is 0 Å². The van der Waals surface area contributed by atoms with E-state index >= 15 is 0 Å². The molecule has 0 saturated carbocycles. The summed E-state index contributed by atoms with van der Waals surface area (Å²) in [6.45, 7) is 6.33. The Balaban J connectivity index is 1.65. The monoisotopic (exact) mass is 449 g/mol. The molecule has 0 amide bonds. The molecule has 1 aromatic heterocycles. The van der Waals surface area contributed by atoms with E-state index in [0.29, 0.717) is 13.2 Å². The number of hydrogen-bond acceptors (Lipinski definition) is 3. The van der Waals surface area contributed by atoms with Gasteiger partial charge in [0.25, 0.3) is 0 Å². The molecule has 34 heavy (non-hydrogen) atoms. The summed E-state index contributed by atoms with van der Waals surface area (Å²) in [6, 6.07) is 31.5. The lowest BCUT2D eigenvalue weighted by Gasteiger charge is -2.34. The molecular formula is C30H31N3O. The van der Waals surface area contributed by atoms with E-state index in [1.807, 2.05) is 12.1 Å². The number of aromatic nitrogens is 2. The average Bonchev–Trinajstić information content (AvgIpc) is 2.87. The Bertz CT molecular complexity index is 1310. The molecule has 4 nitrogen and oxygen atoms in total. The highest BCUT2D eigenvalue weighted by Crippen LogP contribution is 2.29. The van der Waals surface area contributed by atoms with Crippen LogP contribution in [0.2, 0.25) is 0 Å². The predicted octanol–water partition coefficient (Wildman–Crippen LogP) is 5.75. The maximum Gasteiger partial charge on any atom is 0.157 e. The Morgan fingerprint density at radius 1 is 0.853 bits per heavy atom. The van der Waals surface area contributed by atoms with Gasteiger partial charge in [0.15, 0.2) is 5.49 Å². The SMILES string of the molecule is CC1(C)Cc2c(c(=NCc3ccccc3)nc(-c3ccccc3)n2CCc2ccccc2)CO1. The first-order chi connectivity index (χ1) is 16.6. The molecule has 4 aromatic rings. The number of ether oxygens (including phenoxy) is 1. The second-order valence-corrected chi connectivity index (χ2v) is 9.46. The lowest BCUT2D eigenvalue weighted by molar-refractivity contribution is -0.0432. The van der Waals surface area contributed by atoms with Gasteiger partial charge in [-0.3, -0.25) is 4.99 Å². The van der Waals surface area contributed by atoms with Gasteiger partial charge < -0.3 is 9.30 Å². The van der Waals surface area contributed by atoms with E-state index in [1.54, 1.807) is 0 Å². The van der Waals surface area contributed by atoms with E-state index in [4.69, 9.17) is 14.7 Å². The van der Waals surface area contributed by atoms with Crippen LogP contribution in [0.3, 0.4) is 0 Å². The van der Waals surface area contributed by atoms with Crippen LogP contribution in [0, 0.1) is 0 Å². The fourth-order valence-corrected chi connectivity index (χ4v) is 4.53. The molecule has 0 spiro atoms. The summed E-state index contributed by atoms with van der Waals surface area (Å²) >= 11 is 0. The minimum atomic E-state index is -0.229. The fraction of sp³-hybridized carbons (Fsp3) is 0.267. The Morgan fingerprint density at radius 3 is 2.15 bits per heavy atom. The number of benzene rings is 3. The summed E-state index contributed by atoms with van der Waals surface area (Å²) in [6.07, 6.45) is 1.77. The van der Waals surface area contributed by atoms with Crippen LogP contribution < -0.4 is 5.49 Å². The van der Waals surface area contributed by atoms with Crippen molar-refractivity contribution in [1.29, 1.82) is 0 Å². The Labute approximate surface area is 201 Å². The summed E-state index contributed by atoms with van der Waals surface area (Å²) < 4.78 is 8.64. The smallest absolute Gasteiger partial charge is 0.157 e. The second kappa shape index (κ2) is 9.78. The van der Waals surface area contributed by atoms with Crippen LogP contribution in [-0.4, -0.2) is 15.2 Å². The number of rotatable bonds is 6. The van der Waals surface area contributed by atoms with Crippen molar-refractivity contribution in [2.24, 2.45) is 4.99 Å². The molecule has 4 heteroatoms. The molecule has 0 N–H and O–H groups in total. The number of nitrogens with zero attached hydrogens (tertiary/aromatic N) is 3. The molecule has 0 bridgehead atoms. The summed E-state index contributed by atoms with van der Waals surface area (Å²) in [5, 5.41) is 0. The molecule has 0 radical (unpaired) electrons. The Hall–Kier alpha value is -3.50. The van der Waals surface area contributed by atoms with Crippen LogP contribution in [-0.2, 0) is 37.3 Å². The molecule has 2 heterocycles. The molecule has 0 unspecified atom stereocenters. The number of hydrogen-bond donors (Lipinski definition) is 0. The van der Waals surface area contributed by atoms with Gasteiger partial charge in [-0.2, -0.15) is 0 Å². The summed E-state index contributed by atoms with van der Waals surface area (Å²) in [5.74, 6) is 0.972. The van der Waals surface area contributed by atoms with Gasteiger partial charge in [0.05, 0.1) is 18.8 Å². The zero-order chi connectivity index (χ0) is 23.4. The lowest BCUT2D eigenvalue weighted by atomic mass is 9.95. The van der Waals surface area contributed by atoms with Gasteiger partial charge in [0.2, 0.25) is 0 Å². The Kier molecular flexibility index (Phi) is 6.41. The van der Waals surface area contributed by atoms with E-state index in [-0.39, 0.29) is 5.60 Å². The zero-order valence-corrected chi connectivity index (χ0v) is 19.9. The third kappa shape index (κ3) is 5.02. The molecule has 172 valence electrons. The normalized spacial score (nSPS) is 15.2. The van der Waals surface area contributed by atoms with E-state index in [9.17, 15) is 0 Å². The van der Waals surface area contributed by atoms with Gasteiger partial charge >= 0.3 is 0 Å². The molecule has 0 aliphatic carbocycles. The topological polar surface area (TPSA) is 39.4 Å². The van der Waals surface area contributed by atoms with Gasteiger partial charge in [-0.15, -0.1) is 0 Å². The van der Waals surface area contributed by atoms with Crippen molar-refractivity contribution in [3.05, 3.63) is 119 Å². The quantitative estimate of drug-likeness (QED) is 0.376. The molecule has 5 rings (SSSR count). The maximum atomic E-state index is 6.23. The third-order valence-electron chi connectivity index (χ3n) is 6.37. The lowest BCUT2D eigenvalue weighted by Crippen LogP contribution is -2.39. The largest absolute Gasteiger partial charge is 0.370 e. The van der Waals surface area contributed by atoms with E-state index in [2.05, 4.69) is 97.3 Å². The summed E-state index contributed by atoms with van der Waals surface area (Å²) in [7, 11) is 0. The number of aryl methyl sites for hydroxylation is 1. The molecule has 0 atom stereocenters. The van der Waals surface area contributed by atoms with E-state index in [0.717, 1.165) is 41.8 Å². The highest BCUT2D eigenvalue weighted by Gasteiger charge is 2.30. The van der Waals surface area contributed by atoms with Crippen LogP contribution in [0.5, 0.6) is 0 Å². The van der Waals surface area contributed by atoms with Crippen LogP contribution in [0.15, 0.2) is 96.0 Å². The second-order valence-electron chi connectivity index (χ2n) is 9.46. The highest BCUT2D eigenvalue weighted by molar-refractivity contribution is 5.56. The standard InChI is InChI=1S/C30H31N3O/c1-30(2)20-27-26(22-34-30)28(31-21-24-14-8-4-9-15-24)32-29(25-16-10-5-11-17-25)33(27)19-18-23-12-6-3-7-13-23/h3-17H,18-22H2,1-2H3. The van der Waals surface area contributed by atoms with Crippen LogP contribution in [0.1, 0.15) is 36.2 Å². The van der Waals surface area contributed by atoms with Gasteiger partial charge in [-0.25, -0.2) is 4.98 Å². The maximum absolute atomic E-state index is 6.23. The van der Waals surface area contributed by atoms with Crippen molar-refractivity contribution in [1.82, 2.24) is 9.55 Å². The van der Waals surface area contributed by atoms with Crippen molar-refractivity contribution in [2.75, 3.05) is 0 Å². The molecule has 0 saturated heterocycles. The molecule has 1 aliphatic rings. The summed E-state index contributed by atoms with van der Waals surface area (Å²) in [5.41, 5.74) is 6.58. The van der Waals surface area contributed by atoms with Gasteiger partial charge in [0, 0.05) is 29.8 Å². The first-order valence-electron chi connectivity index (χ1n) is 12.0. The van der Waals surface area contributed by atoms with Crippen LogP contribution in [0.25, 0.3) is 11.4 Å². The van der Waals surface area contributed by atoms with Crippen molar-refractivity contribution < 1.29 is 4.74 Å².